The maximum atomic E-state index is 12.7. The average molecular weight is 552 g/mol. The van der Waals surface area contributed by atoms with E-state index in [1.54, 1.807) is 12.1 Å². The number of hydrogen-bond acceptors (Lipinski definition) is 6. The zero-order valence-corrected chi connectivity index (χ0v) is 22.6. The van der Waals surface area contributed by atoms with Crippen molar-refractivity contribution in [2.75, 3.05) is 26.7 Å². The molecule has 0 aliphatic carbocycles. The molecule has 1 saturated heterocycles. The van der Waals surface area contributed by atoms with Gasteiger partial charge in [0.2, 0.25) is 0 Å². The molecule has 3 N–H and O–H groups in total. The van der Waals surface area contributed by atoms with Crippen LogP contribution in [0.5, 0.6) is 0 Å². The van der Waals surface area contributed by atoms with Crippen molar-refractivity contribution in [3.05, 3.63) is 76.8 Å². The number of piperidine rings is 1. The molecule has 11 heteroatoms. The smallest absolute Gasteiger partial charge is 0.328 e. The van der Waals surface area contributed by atoms with Crippen LogP contribution in [-0.2, 0) is 32.6 Å². The van der Waals surface area contributed by atoms with Crippen LogP contribution < -0.4 is 4.83 Å². The molecule has 202 valence electrons. The predicted octanol–water partition coefficient (Wildman–Crippen LogP) is 3.65. The predicted molar refractivity (Wildman–Crippen MR) is 143 cm³/mol. The second kappa shape index (κ2) is 14.8. The van der Waals surface area contributed by atoms with Crippen molar-refractivity contribution in [3.8, 4) is 0 Å². The third-order valence-corrected chi connectivity index (χ3v) is 7.30. The summed E-state index contributed by atoms with van der Waals surface area (Å²) in [6, 6.07) is 15.1. The molecule has 37 heavy (non-hydrogen) atoms. The first-order valence-electron chi connectivity index (χ1n) is 11.9. The van der Waals surface area contributed by atoms with E-state index >= 15 is 0 Å². The van der Waals surface area contributed by atoms with Gasteiger partial charge < -0.3 is 15.1 Å². The lowest BCUT2D eigenvalue weighted by molar-refractivity contribution is -0.134. The second-order valence-corrected chi connectivity index (χ2v) is 11.2. The first kappa shape index (κ1) is 30.5. The number of halogens is 1. The van der Waals surface area contributed by atoms with E-state index < -0.39 is 22.0 Å². The van der Waals surface area contributed by atoms with Gasteiger partial charge in [-0.3, -0.25) is 0 Å². The van der Waals surface area contributed by atoms with Gasteiger partial charge in [-0.15, -0.1) is 4.83 Å². The Morgan fingerprint density at radius 1 is 1.05 bits per heavy atom. The molecule has 0 saturated carbocycles. The number of rotatable bonds is 10. The van der Waals surface area contributed by atoms with Crippen molar-refractivity contribution in [2.45, 2.75) is 37.6 Å². The molecule has 1 aliphatic rings. The number of likely N-dealkylation sites (N-methyl/N-ethyl adjacent to an activating group) is 1. The summed E-state index contributed by atoms with van der Waals surface area (Å²) in [6.45, 7) is 5.36. The zero-order valence-electron chi connectivity index (χ0n) is 21.0. The number of hydrogen-bond donors (Lipinski definition) is 3. The highest BCUT2D eigenvalue weighted by Gasteiger charge is 2.22. The Bertz CT molecular complexity index is 1140. The third-order valence-electron chi connectivity index (χ3n) is 5.66. The van der Waals surface area contributed by atoms with Gasteiger partial charge in [-0.2, -0.15) is 0 Å². The van der Waals surface area contributed by atoms with E-state index in [0.717, 1.165) is 56.0 Å². The monoisotopic (exact) mass is 551 g/mol. The summed E-state index contributed by atoms with van der Waals surface area (Å²) in [5.41, 5.74) is 2.34. The standard InChI is InChI=1S/C22H30ClN3O2S.C4H4O4/c1-18-4-3-14-26(16-18)24-29(27,28)22-11-7-20(8-12-22)17-25(2)15-13-19-5-9-21(23)10-6-19;5-3(6)1-2-4(7)8/h5-12,18,24H,3-4,13-17H2,1-2H3;1-2H,(H,5,6)(H,7,8)/b;2-1-. The molecule has 1 fully saturated rings. The van der Waals surface area contributed by atoms with E-state index in [1.165, 1.54) is 5.56 Å². The molecule has 0 bridgehead atoms. The quantitative estimate of drug-likeness (QED) is 0.382. The Morgan fingerprint density at radius 3 is 2.16 bits per heavy atom. The van der Waals surface area contributed by atoms with Gasteiger partial charge in [0.25, 0.3) is 10.0 Å². The van der Waals surface area contributed by atoms with Gasteiger partial charge in [-0.25, -0.2) is 23.0 Å². The number of hydrazine groups is 1. The number of aliphatic carboxylic acids is 2. The second-order valence-electron chi connectivity index (χ2n) is 9.06. The molecule has 3 rings (SSSR count). The number of benzene rings is 2. The molecule has 1 aliphatic heterocycles. The minimum Gasteiger partial charge on any atom is -0.478 e. The Labute approximate surface area is 223 Å². The minimum absolute atomic E-state index is 0.309. The summed E-state index contributed by atoms with van der Waals surface area (Å²) in [6.07, 6.45) is 4.23. The molecular weight excluding hydrogens is 518 g/mol. The maximum Gasteiger partial charge on any atom is 0.328 e. The van der Waals surface area contributed by atoms with E-state index in [-0.39, 0.29) is 0 Å². The van der Waals surface area contributed by atoms with Crippen molar-refractivity contribution < 1.29 is 28.2 Å². The molecule has 0 aromatic heterocycles. The first-order valence-corrected chi connectivity index (χ1v) is 13.7. The molecule has 2 aromatic rings. The van der Waals surface area contributed by atoms with Gasteiger partial charge >= 0.3 is 11.9 Å². The molecule has 1 unspecified atom stereocenters. The SMILES string of the molecule is CC1CCCN(NS(=O)(=O)c2ccc(CN(C)CCc3ccc(Cl)cc3)cc2)C1.O=C(O)/C=C\C(=O)O. The number of nitrogens with one attached hydrogen (secondary N) is 1. The summed E-state index contributed by atoms with van der Waals surface area (Å²) in [4.78, 5) is 24.4. The van der Waals surface area contributed by atoms with Crippen LogP contribution in [0.15, 0.2) is 65.6 Å². The molecule has 0 radical (unpaired) electrons. The number of carboxylic acid groups (broad SMARTS) is 2. The van der Waals surface area contributed by atoms with Crippen molar-refractivity contribution in [2.24, 2.45) is 5.92 Å². The fraction of sp³-hybridized carbons (Fsp3) is 0.385. The van der Waals surface area contributed by atoms with Crippen molar-refractivity contribution in [3.63, 3.8) is 0 Å². The summed E-state index contributed by atoms with van der Waals surface area (Å²) in [7, 11) is -1.46. The fourth-order valence-corrected chi connectivity index (χ4v) is 5.00. The van der Waals surface area contributed by atoms with E-state index in [4.69, 9.17) is 21.8 Å². The normalized spacial score (nSPS) is 16.4. The van der Waals surface area contributed by atoms with E-state index in [2.05, 4.69) is 23.7 Å². The first-order chi connectivity index (χ1) is 17.4. The fourth-order valence-electron chi connectivity index (χ4n) is 3.77. The Morgan fingerprint density at radius 2 is 1.62 bits per heavy atom. The van der Waals surface area contributed by atoms with Crippen LogP contribution in [-0.4, -0.2) is 67.2 Å². The van der Waals surface area contributed by atoms with E-state index in [1.807, 2.05) is 41.4 Å². The van der Waals surface area contributed by atoms with Crippen molar-refractivity contribution in [1.82, 2.24) is 14.7 Å². The Hall–Kier alpha value is -2.76. The molecule has 0 amide bonds. The Kier molecular flexibility index (Phi) is 12.2. The van der Waals surface area contributed by atoms with Gasteiger partial charge in [-0.05, 0) is 67.6 Å². The van der Waals surface area contributed by atoms with E-state index in [0.29, 0.717) is 23.0 Å². The van der Waals surface area contributed by atoms with Gasteiger partial charge in [0.05, 0.1) is 4.90 Å². The van der Waals surface area contributed by atoms with E-state index in [9.17, 15) is 18.0 Å². The van der Waals surface area contributed by atoms with Crippen LogP contribution >= 0.6 is 11.6 Å². The number of carbonyl (C=O) groups is 2. The maximum absolute atomic E-state index is 12.7. The van der Waals surface area contributed by atoms with Gasteiger partial charge in [0.1, 0.15) is 0 Å². The number of sulfonamides is 1. The van der Waals surface area contributed by atoms with Crippen molar-refractivity contribution >= 4 is 33.6 Å². The lowest BCUT2D eigenvalue weighted by Gasteiger charge is -2.30. The lowest BCUT2D eigenvalue weighted by Crippen LogP contribution is -2.47. The minimum atomic E-state index is -3.53. The Balaban J connectivity index is 0.000000521. The molecule has 0 spiro atoms. The van der Waals surface area contributed by atoms with Crippen LogP contribution in [0.3, 0.4) is 0 Å². The molecule has 9 nitrogen and oxygen atoms in total. The molecular formula is C26H34ClN3O6S. The summed E-state index contributed by atoms with van der Waals surface area (Å²) < 4.78 is 25.3. The summed E-state index contributed by atoms with van der Waals surface area (Å²) in [5, 5.41) is 18.2. The van der Waals surface area contributed by atoms with Crippen LogP contribution in [0.1, 0.15) is 30.9 Å². The van der Waals surface area contributed by atoms with Crippen molar-refractivity contribution in [1.29, 1.82) is 0 Å². The topological polar surface area (TPSA) is 127 Å². The van der Waals surface area contributed by atoms with Gasteiger partial charge in [0, 0.05) is 43.4 Å². The lowest BCUT2D eigenvalue weighted by atomic mass is 10.0. The number of nitrogens with zero attached hydrogens (tertiary/aromatic N) is 2. The van der Waals surface area contributed by atoms with Crippen LogP contribution in [0.2, 0.25) is 5.02 Å². The van der Waals surface area contributed by atoms with Gasteiger partial charge in [-0.1, -0.05) is 42.8 Å². The summed E-state index contributed by atoms with van der Waals surface area (Å²) >= 11 is 5.93. The molecule has 1 atom stereocenters. The molecule has 2 aromatic carbocycles. The third kappa shape index (κ3) is 11.9. The number of carboxylic acids is 2. The average Bonchev–Trinajstić information content (AvgIpc) is 2.83. The van der Waals surface area contributed by atoms with Gasteiger partial charge in [0.15, 0.2) is 0 Å². The highest BCUT2D eigenvalue weighted by atomic mass is 35.5. The summed E-state index contributed by atoms with van der Waals surface area (Å²) in [5.74, 6) is -2.00. The highest BCUT2D eigenvalue weighted by Crippen LogP contribution is 2.17. The highest BCUT2D eigenvalue weighted by molar-refractivity contribution is 7.89. The largest absolute Gasteiger partial charge is 0.478 e. The van der Waals surface area contributed by atoms with Crippen LogP contribution in [0.4, 0.5) is 0 Å². The zero-order chi connectivity index (χ0) is 27.4. The van der Waals surface area contributed by atoms with Crippen LogP contribution in [0.25, 0.3) is 0 Å². The van der Waals surface area contributed by atoms with Crippen LogP contribution in [0, 0.1) is 5.92 Å². The molecule has 1 heterocycles.